The Labute approximate surface area is 234 Å². The van der Waals surface area contributed by atoms with E-state index in [4.69, 9.17) is 21.3 Å². The number of aliphatic hydroxyl groups excluding tert-OH is 2. The van der Waals surface area contributed by atoms with E-state index in [1.807, 2.05) is 50.4 Å². The molecule has 1 amide bonds. The lowest BCUT2D eigenvalue weighted by Gasteiger charge is -2.31. The molecule has 0 aliphatic heterocycles. The van der Waals surface area contributed by atoms with Crippen molar-refractivity contribution < 1.29 is 19.7 Å². The molecule has 0 spiro atoms. The average Bonchev–Trinajstić information content (AvgIpc) is 2.95. The zero-order valence-electron chi connectivity index (χ0n) is 22.6. The molecule has 0 bridgehead atoms. The van der Waals surface area contributed by atoms with Crippen LogP contribution in [0.5, 0.6) is 5.75 Å². The van der Waals surface area contributed by atoms with Gasteiger partial charge in [0.1, 0.15) is 17.9 Å². The molecular formula is C30H37ClN4O4. The zero-order valence-corrected chi connectivity index (χ0v) is 23.3. The molecule has 0 saturated heterocycles. The number of carbonyl (C=O) groups excluding carboxylic acids is 1. The maximum Gasteiger partial charge on any atom is 0.226 e. The number of benzene rings is 1. The van der Waals surface area contributed by atoms with Crippen molar-refractivity contribution in [3.63, 3.8) is 0 Å². The van der Waals surface area contributed by atoms with E-state index in [9.17, 15) is 15.0 Å². The molecule has 1 fully saturated rings. The summed E-state index contributed by atoms with van der Waals surface area (Å²) in [5.41, 5.74) is 3.96. The molecule has 1 aromatic carbocycles. The minimum atomic E-state index is -1.03. The van der Waals surface area contributed by atoms with Gasteiger partial charge in [0.05, 0.1) is 17.7 Å². The van der Waals surface area contributed by atoms with Crippen LogP contribution < -0.4 is 10.1 Å². The molecule has 3 N–H and O–H groups in total. The Bertz CT molecular complexity index is 1310. The molecule has 3 aromatic rings. The number of halogens is 1. The van der Waals surface area contributed by atoms with E-state index in [1.54, 1.807) is 17.3 Å². The SMILES string of the molecule is C/C=C\Nc1cc(C)nc2c(OCc3c(Cl)cncc3CN(CC(O)CO)C(=O)C3CCCCC3)cccc12. The van der Waals surface area contributed by atoms with E-state index in [2.05, 4.69) is 10.3 Å². The van der Waals surface area contributed by atoms with Crippen molar-refractivity contribution in [2.24, 2.45) is 5.92 Å². The monoisotopic (exact) mass is 552 g/mol. The molecule has 1 aliphatic carbocycles. The van der Waals surface area contributed by atoms with Gasteiger partial charge in [-0.1, -0.05) is 49.1 Å². The van der Waals surface area contributed by atoms with Crippen LogP contribution in [0.25, 0.3) is 10.9 Å². The molecule has 1 unspecified atom stereocenters. The molecule has 1 aliphatic rings. The van der Waals surface area contributed by atoms with Crippen molar-refractivity contribution >= 4 is 34.1 Å². The number of ether oxygens (including phenoxy) is 1. The maximum atomic E-state index is 13.4. The highest BCUT2D eigenvalue weighted by atomic mass is 35.5. The quantitative estimate of drug-likeness (QED) is 0.293. The normalized spacial score (nSPS) is 15.0. The summed E-state index contributed by atoms with van der Waals surface area (Å²) in [6.45, 7) is 3.86. The maximum absolute atomic E-state index is 13.4. The van der Waals surface area contributed by atoms with Crippen LogP contribution in [0.4, 0.5) is 5.69 Å². The summed E-state index contributed by atoms with van der Waals surface area (Å²) in [6.07, 6.45) is 10.9. The number of hydrogen-bond acceptors (Lipinski definition) is 7. The lowest BCUT2D eigenvalue weighted by molar-refractivity contribution is -0.139. The number of para-hydroxylation sites is 1. The molecular weight excluding hydrogens is 516 g/mol. The number of hydrogen-bond donors (Lipinski definition) is 3. The largest absolute Gasteiger partial charge is 0.487 e. The first-order valence-electron chi connectivity index (χ1n) is 13.5. The molecule has 4 rings (SSSR count). The second-order valence-corrected chi connectivity index (χ2v) is 10.5. The van der Waals surface area contributed by atoms with Crippen molar-refractivity contribution in [1.82, 2.24) is 14.9 Å². The fourth-order valence-corrected chi connectivity index (χ4v) is 5.30. The Hall–Kier alpha value is -3.20. The Kier molecular flexibility index (Phi) is 10.1. The first kappa shape index (κ1) is 28.8. The number of aromatic nitrogens is 2. The minimum absolute atomic E-state index is 0.0102. The fourth-order valence-electron chi connectivity index (χ4n) is 5.07. The number of nitrogens with zero attached hydrogens (tertiary/aromatic N) is 3. The van der Waals surface area contributed by atoms with Crippen molar-refractivity contribution in [3.05, 3.63) is 70.8 Å². The first-order valence-corrected chi connectivity index (χ1v) is 13.9. The smallest absolute Gasteiger partial charge is 0.226 e. The standard InChI is InChI=1S/C30H37ClN4O4/c1-3-12-33-27-13-20(2)34-29-24(27)10-7-11-28(29)39-19-25-22(14-32-15-26(25)31)16-35(17-23(37)18-36)30(38)21-8-5-4-6-9-21/h3,7,10-15,21,23,36-37H,4-6,8-9,16-19H2,1-2H3,(H,33,34)/b12-3-. The van der Waals surface area contributed by atoms with Gasteiger partial charge >= 0.3 is 0 Å². The number of amides is 1. The van der Waals surface area contributed by atoms with Gasteiger partial charge in [0.15, 0.2) is 0 Å². The Balaban J connectivity index is 1.60. The second-order valence-electron chi connectivity index (χ2n) is 10.0. The summed E-state index contributed by atoms with van der Waals surface area (Å²) >= 11 is 6.60. The summed E-state index contributed by atoms with van der Waals surface area (Å²) in [6, 6.07) is 7.78. The second kappa shape index (κ2) is 13.7. The lowest BCUT2D eigenvalue weighted by Crippen LogP contribution is -2.42. The number of aliphatic hydroxyl groups is 2. The minimum Gasteiger partial charge on any atom is -0.487 e. The third kappa shape index (κ3) is 7.26. The Morgan fingerprint density at radius 2 is 2.08 bits per heavy atom. The van der Waals surface area contributed by atoms with Crippen LogP contribution in [0.2, 0.25) is 5.02 Å². The molecule has 8 nitrogen and oxygen atoms in total. The van der Waals surface area contributed by atoms with Gasteiger partial charge in [-0.05, 0) is 50.6 Å². The summed E-state index contributed by atoms with van der Waals surface area (Å²) in [5.74, 6) is 0.528. The van der Waals surface area contributed by atoms with Gasteiger partial charge in [-0.2, -0.15) is 0 Å². The van der Waals surface area contributed by atoms with Crippen LogP contribution in [0.1, 0.15) is 55.8 Å². The van der Waals surface area contributed by atoms with Gasteiger partial charge in [0.2, 0.25) is 5.91 Å². The van der Waals surface area contributed by atoms with Gasteiger partial charge in [-0.15, -0.1) is 0 Å². The topological polar surface area (TPSA) is 108 Å². The molecule has 2 aromatic heterocycles. The van der Waals surface area contributed by atoms with Crippen molar-refractivity contribution in [2.75, 3.05) is 18.5 Å². The third-order valence-corrected chi connectivity index (χ3v) is 7.40. The van der Waals surface area contributed by atoms with Crippen LogP contribution in [0.15, 0.2) is 48.9 Å². The number of nitrogens with one attached hydrogen (secondary N) is 1. The van der Waals surface area contributed by atoms with Crippen LogP contribution in [-0.4, -0.2) is 50.2 Å². The highest BCUT2D eigenvalue weighted by molar-refractivity contribution is 6.31. The number of rotatable bonds is 11. The van der Waals surface area contributed by atoms with E-state index in [-0.39, 0.29) is 31.5 Å². The summed E-state index contributed by atoms with van der Waals surface area (Å²) in [7, 11) is 0. The molecule has 208 valence electrons. The van der Waals surface area contributed by atoms with Crippen LogP contribution in [0.3, 0.4) is 0 Å². The Morgan fingerprint density at radius 3 is 2.82 bits per heavy atom. The average molecular weight is 553 g/mol. The summed E-state index contributed by atoms with van der Waals surface area (Å²) in [5, 5.41) is 24.3. The highest BCUT2D eigenvalue weighted by Crippen LogP contribution is 2.32. The van der Waals surface area contributed by atoms with Gasteiger partial charge in [-0.25, -0.2) is 4.98 Å². The van der Waals surface area contributed by atoms with Gasteiger partial charge in [-0.3, -0.25) is 9.78 Å². The van der Waals surface area contributed by atoms with Crippen LogP contribution in [-0.2, 0) is 17.9 Å². The molecule has 9 heteroatoms. The predicted molar refractivity (Wildman–Crippen MR) is 154 cm³/mol. The van der Waals surface area contributed by atoms with Crippen molar-refractivity contribution in [1.29, 1.82) is 0 Å². The van der Waals surface area contributed by atoms with E-state index in [0.717, 1.165) is 60.0 Å². The summed E-state index contributed by atoms with van der Waals surface area (Å²) < 4.78 is 6.29. The number of aryl methyl sites for hydroxylation is 1. The molecule has 0 radical (unpaired) electrons. The Morgan fingerprint density at radius 1 is 1.28 bits per heavy atom. The van der Waals surface area contributed by atoms with E-state index < -0.39 is 12.7 Å². The lowest BCUT2D eigenvalue weighted by atomic mass is 9.88. The summed E-state index contributed by atoms with van der Waals surface area (Å²) in [4.78, 5) is 24.1. The van der Waals surface area contributed by atoms with Crippen molar-refractivity contribution in [2.45, 2.75) is 65.2 Å². The molecule has 39 heavy (non-hydrogen) atoms. The third-order valence-electron chi connectivity index (χ3n) is 7.07. The zero-order chi connectivity index (χ0) is 27.8. The number of allylic oxidation sites excluding steroid dienone is 1. The van der Waals surface area contributed by atoms with Gasteiger partial charge < -0.3 is 25.2 Å². The van der Waals surface area contributed by atoms with Gasteiger partial charge in [0, 0.05) is 53.7 Å². The van der Waals surface area contributed by atoms with Gasteiger partial charge in [0.25, 0.3) is 0 Å². The van der Waals surface area contributed by atoms with Crippen LogP contribution >= 0.6 is 11.6 Å². The van der Waals surface area contributed by atoms with Crippen LogP contribution in [0, 0.1) is 12.8 Å². The molecule has 1 atom stereocenters. The number of pyridine rings is 2. The van der Waals surface area contributed by atoms with Crippen molar-refractivity contribution in [3.8, 4) is 5.75 Å². The number of fused-ring (bicyclic) bond motifs is 1. The van der Waals surface area contributed by atoms with E-state index in [1.165, 1.54) is 0 Å². The number of anilines is 1. The number of carbonyl (C=O) groups is 1. The van der Waals surface area contributed by atoms with E-state index in [0.29, 0.717) is 16.3 Å². The molecule has 1 saturated carbocycles. The predicted octanol–water partition coefficient (Wildman–Crippen LogP) is 5.38. The first-order chi connectivity index (χ1) is 18.9. The molecule has 2 heterocycles. The van der Waals surface area contributed by atoms with E-state index >= 15 is 0 Å². The highest BCUT2D eigenvalue weighted by Gasteiger charge is 2.28. The fraction of sp³-hybridized carbons (Fsp3) is 0.433.